The molecule has 0 radical (unpaired) electrons. The fraction of sp³-hybridized carbons (Fsp3) is 0.250. The van der Waals surface area contributed by atoms with E-state index in [2.05, 4.69) is 20.9 Å². The Labute approximate surface area is 103 Å². The third kappa shape index (κ3) is 2.33. The van der Waals surface area contributed by atoms with Gasteiger partial charge in [0.2, 0.25) is 0 Å². The Kier molecular flexibility index (Phi) is 3.41. The second kappa shape index (κ2) is 4.80. The number of hydrogen-bond donors (Lipinski definition) is 1. The summed E-state index contributed by atoms with van der Waals surface area (Å²) in [6.45, 7) is 2.45. The van der Waals surface area contributed by atoms with Crippen LogP contribution >= 0.6 is 15.9 Å². The first-order chi connectivity index (χ1) is 7.68. The van der Waals surface area contributed by atoms with Gasteiger partial charge in [-0.1, -0.05) is 34.1 Å². The second-order valence-corrected chi connectivity index (χ2v) is 4.52. The minimum atomic E-state index is -0.525. The van der Waals surface area contributed by atoms with E-state index in [9.17, 15) is 5.11 Å². The summed E-state index contributed by atoms with van der Waals surface area (Å²) in [5.74, 6) is 0.908. The summed E-state index contributed by atoms with van der Waals surface area (Å²) in [6, 6.07) is 7.70. The number of aryl methyl sites for hydroxylation is 1. The minimum absolute atomic E-state index is 0.522. The highest BCUT2D eigenvalue weighted by atomic mass is 79.9. The van der Waals surface area contributed by atoms with Crippen molar-refractivity contribution < 1.29 is 5.11 Å². The summed E-state index contributed by atoms with van der Waals surface area (Å²) in [4.78, 5) is 4.13. The monoisotopic (exact) mass is 280 g/mol. The number of aromatic nitrogens is 2. The van der Waals surface area contributed by atoms with Crippen molar-refractivity contribution in [3.05, 3.63) is 52.5 Å². The predicted octanol–water partition coefficient (Wildman–Crippen LogP) is 2.69. The van der Waals surface area contributed by atoms with Crippen LogP contribution in [0.3, 0.4) is 0 Å². The van der Waals surface area contributed by atoms with Crippen LogP contribution in [0.2, 0.25) is 0 Å². The van der Waals surface area contributed by atoms with Crippen molar-refractivity contribution in [3.63, 3.8) is 0 Å². The van der Waals surface area contributed by atoms with Crippen LogP contribution in [-0.2, 0) is 6.54 Å². The number of aliphatic hydroxyl groups is 1. The van der Waals surface area contributed by atoms with E-state index in [0.29, 0.717) is 6.54 Å². The van der Waals surface area contributed by atoms with Gasteiger partial charge in [-0.05, 0) is 18.6 Å². The predicted molar refractivity (Wildman–Crippen MR) is 66.1 cm³/mol. The maximum absolute atomic E-state index is 10.1. The van der Waals surface area contributed by atoms with Gasteiger partial charge >= 0.3 is 0 Å². The van der Waals surface area contributed by atoms with Crippen LogP contribution in [0.25, 0.3) is 0 Å². The molecule has 2 rings (SSSR count). The Morgan fingerprint density at radius 1 is 1.44 bits per heavy atom. The summed E-state index contributed by atoms with van der Waals surface area (Å²) < 4.78 is 2.87. The van der Waals surface area contributed by atoms with Crippen molar-refractivity contribution in [1.29, 1.82) is 0 Å². The summed E-state index contributed by atoms with van der Waals surface area (Å²) in [5.41, 5.74) is 0.899. The highest BCUT2D eigenvalue weighted by Crippen LogP contribution is 2.24. The van der Waals surface area contributed by atoms with Crippen LogP contribution < -0.4 is 0 Å². The van der Waals surface area contributed by atoms with E-state index in [-0.39, 0.29) is 0 Å². The van der Waals surface area contributed by atoms with Gasteiger partial charge in [-0.2, -0.15) is 0 Å². The molecule has 0 spiro atoms. The average Bonchev–Trinajstić information content (AvgIpc) is 2.65. The van der Waals surface area contributed by atoms with E-state index in [1.807, 2.05) is 42.0 Å². The smallest absolute Gasteiger partial charge is 0.105 e. The van der Waals surface area contributed by atoms with Gasteiger partial charge in [0.25, 0.3) is 0 Å². The minimum Gasteiger partial charge on any atom is -0.386 e. The summed E-state index contributed by atoms with van der Waals surface area (Å²) in [6.07, 6.45) is 3.08. The molecule has 0 aliphatic carbocycles. The van der Waals surface area contributed by atoms with Crippen molar-refractivity contribution in [1.82, 2.24) is 9.55 Å². The molecule has 2 aromatic rings. The van der Waals surface area contributed by atoms with E-state index >= 15 is 0 Å². The van der Waals surface area contributed by atoms with Crippen molar-refractivity contribution in [3.8, 4) is 0 Å². The van der Waals surface area contributed by atoms with Crippen LogP contribution in [0.1, 0.15) is 17.5 Å². The fourth-order valence-electron chi connectivity index (χ4n) is 1.63. The van der Waals surface area contributed by atoms with Gasteiger partial charge in [-0.15, -0.1) is 0 Å². The normalized spacial score (nSPS) is 12.7. The maximum atomic E-state index is 10.1. The van der Waals surface area contributed by atoms with Gasteiger partial charge in [0.1, 0.15) is 5.82 Å². The molecule has 84 valence electrons. The molecule has 4 heteroatoms. The first-order valence-corrected chi connectivity index (χ1v) is 5.88. The molecule has 1 aromatic carbocycles. The maximum Gasteiger partial charge on any atom is 0.105 e. The quantitative estimate of drug-likeness (QED) is 0.939. The number of imidazole rings is 1. The molecule has 0 aliphatic rings. The Bertz CT molecular complexity index is 481. The molecule has 0 bridgehead atoms. The molecule has 1 aromatic heterocycles. The highest BCUT2D eigenvalue weighted by Gasteiger charge is 2.11. The highest BCUT2D eigenvalue weighted by molar-refractivity contribution is 9.10. The Morgan fingerprint density at radius 2 is 2.19 bits per heavy atom. The van der Waals surface area contributed by atoms with E-state index in [4.69, 9.17) is 0 Å². The third-order valence-electron chi connectivity index (χ3n) is 2.56. The number of benzene rings is 1. The molecule has 3 nitrogen and oxygen atoms in total. The largest absolute Gasteiger partial charge is 0.386 e. The molecule has 1 heterocycles. The van der Waals surface area contributed by atoms with Crippen LogP contribution in [0.15, 0.2) is 41.1 Å². The third-order valence-corrected chi connectivity index (χ3v) is 3.28. The molecule has 0 fully saturated rings. The number of nitrogens with zero attached hydrogens (tertiary/aromatic N) is 2. The van der Waals surface area contributed by atoms with Gasteiger partial charge in [0.15, 0.2) is 0 Å². The zero-order valence-electron chi connectivity index (χ0n) is 8.97. The zero-order valence-corrected chi connectivity index (χ0v) is 10.6. The van der Waals surface area contributed by atoms with E-state index in [1.54, 1.807) is 6.20 Å². The lowest BCUT2D eigenvalue weighted by Crippen LogP contribution is -2.09. The standard InChI is InChI=1S/C12H13BrN2O/c1-9-14-6-7-15(9)8-12(16)10-4-2-3-5-11(10)13/h2-7,12,16H,8H2,1H3. The SMILES string of the molecule is Cc1nccn1CC(O)c1ccccc1Br. The van der Waals surface area contributed by atoms with E-state index in [0.717, 1.165) is 15.9 Å². The van der Waals surface area contributed by atoms with Crippen molar-refractivity contribution >= 4 is 15.9 Å². The lowest BCUT2D eigenvalue weighted by atomic mass is 10.1. The molecule has 0 saturated heterocycles. The van der Waals surface area contributed by atoms with Crippen molar-refractivity contribution in [2.45, 2.75) is 19.6 Å². The second-order valence-electron chi connectivity index (χ2n) is 3.66. The van der Waals surface area contributed by atoms with Crippen LogP contribution in [0.4, 0.5) is 0 Å². The summed E-state index contributed by atoms with van der Waals surface area (Å²) in [7, 11) is 0. The molecule has 0 aliphatic heterocycles. The molecular weight excluding hydrogens is 268 g/mol. The molecule has 16 heavy (non-hydrogen) atoms. The number of halogens is 1. The molecular formula is C12H13BrN2O. The molecule has 0 saturated carbocycles. The van der Waals surface area contributed by atoms with Crippen LogP contribution in [0, 0.1) is 6.92 Å². The van der Waals surface area contributed by atoms with E-state index < -0.39 is 6.10 Å². The lowest BCUT2D eigenvalue weighted by molar-refractivity contribution is 0.155. The van der Waals surface area contributed by atoms with Crippen LogP contribution in [0.5, 0.6) is 0 Å². The number of aliphatic hydroxyl groups excluding tert-OH is 1. The molecule has 1 N–H and O–H groups in total. The summed E-state index contributed by atoms with van der Waals surface area (Å²) in [5, 5.41) is 10.1. The van der Waals surface area contributed by atoms with Gasteiger partial charge in [0, 0.05) is 16.9 Å². The molecule has 1 atom stereocenters. The van der Waals surface area contributed by atoms with Gasteiger partial charge in [-0.3, -0.25) is 0 Å². The Balaban J connectivity index is 2.18. The zero-order chi connectivity index (χ0) is 11.5. The lowest BCUT2D eigenvalue weighted by Gasteiger charge is -2.14. The first-order valence-electron chi connectivity index (χ1n) is 5.08. The van der Waals surface area contributed by atoms with Gasteiger partial charge < -0.3 is 9.67 Å². The molecule has 0 amide bonds. The van der Waals surface area contributed by atoms with E-state index in [1.165, 1.54) is 0 Å². The fourth-order valence-corrected chi connectivity index (χ4v) is 2.18. The Morgan fingerprint density at radius 3 is 2.81 bits per heavy atom. The van der Waals surface area contributed by atoms with Crippen LogP contribution in [-0.4, -0.2) is 14.7 Å². The Hall–Kier alpha value is -1.13. The molecule has 1 unspecified atom stereocenters. The average molecular weight is 281 g/mol. The number of hydrogen-bond acceptors (Lipinski definition) is 2. The van der Waals surface area contributed by atoms with Crippen molar-refractivity contribution in [2.24, 2.45) is 0 Å². The summed E-state index contributed by atoms with van der Waals surface area (Å²) >= 11 is 3.43. The number of rotatable bonds is 3. The topological polar surface area (TPSA) is 38.0 Å². The van der Waals surface area contributed by atoms with Gasteiger partial charge in [0.05, 0.1) is 12.6 Å². The first kappa shape index (κ1) is 11.4. The van der Waals surface area contributed by atoms with Crippen molar-refractivity contribution in [2.75, 3.05) is 0 Å². The van der Waals surface area contributed by atoms with Gasteiger partial charge in [-0.25, -0.2) is 4.98 Å².